The first-order valence-electron chi connectivity index (χ1n) is 28.0. The third-order valence-electron chi connectivity index (χ3n) is 13.3. The summed E-state index contributed by atoms with van der Waals surface area (Å²) in [5.74, 6) is 3.20. The van der Waals surface area contributed by atoms with Crippen molar-refractivity contribution in [2.24, 2.45) is 0 Å². The molecular weight excluding hydrogens is 879 g/mol. The minimum atomic E-state index is 0. The summed E-state index contributed by atoms with van der Waals surface area (Å²) in [6.45, 7) is 26.0. The van der Waals surface area contributed by atoms with Gasteiger partial charge in [0, 0.05) is 0 Å². The average Bonchev–Trinajstić information content (AvgIpc) is 3.35. The van der Waals surface area contributed by atoms with Gasteiger partial charge in [0.15, 0.2) is 0 Å². The molecule has 0 aliphatic heterocycles. The Morgan fingerprint density at radius 3 is 1.10 bits per heavy atom. The molecule has 0 aromatic heterocycles. The maximum absolute atomic E-state index is 10.1. The smallest absolute Gasteiger partial charge is 0.348 e. The van der Waals surface area contributed by atoms with Gasteiger partial charge in [-0.1, -0.05) is 169 Å². The fourth-order valence-corrected chi connectivity index (χ4v) is 9.33. The van der Waals surface area contributed by atoms with Crippen LogP contribution in [0.1, 0.15) is 252 Å². The van der Waals surface area contributed by atoms with Crippen LogP contribution in [0.15, 0.2) is 96.1 Å². The van der Waals surface area contributed by atoms with E-state index in [1.807, 2.05) is 60.7 Å². The molecular formula is C66H98N2Ni. The molecule has 0 heterocycles. The largest absolute Gasteiger partial charge is 2.00 e. The van der Waals surface area contributed by atoms with Crippen LogP contribution in [0, 0.1) is 13.8 Å². The summed E-state index contributed by atoms with van der Waals surface area (Å²) in [6.07, 6.45) is 33.4. The number of nitrogens with zero attached hydrogens (tertiary/aromatic N) is 2. The molecule has 0 saturated heterocycles. The van der Waals surface area contributed by atoms with Crippen molar-refractivity contribution in [3.63, 3.8) is 0 Å². The van der Waals surface area contributed by atoms with E-state index in [1.165, 1.54) is 157 Å². The molecule has 0 aliphatic rings. The normalized spacial score (nSPS) is 11.0. The van der Waals surface area contributed by atoms with Crippen molar-refractivity contribution in [2.45, 2.75) is 235 Å². The third-order valence-corrected chi connectivity index (χ3v) is 13.3. The van der Waals surface area contributed by atoms with E-state index >= 15 is 0 Å². The van der Waals surface area contributed by atoms with Gasteiger partial charge in [0.2, 0.25) is 0 Å². The van der Waals surface area contributed by atoms with Crippen molar-refractivity contribution in [3.8, 4) is 0 Å². The molecule has 0 N–H and O–H groups in total. The van der Waals surface area contributed by atoms with E-state index in [0.717, 1.165) is 61.6 Å². The molecule has 0 amide bonds. The zero-order valence-electron chi connectivity index (χ0n) is 45.5. The SMILES string of the molecule is CCCCCC(C(=C=[N+]=[N-])CCCC)=C(c1cc(CCCC)c(CCCC)c(CCCC)c1)c1cc(CCCCC)c(CCCCC)c(CCCCC)c1.[CH2-]c1ccccc1.[CH2-]c1ccccc1.[Ni+2]. The van der Waals surface area contributed by atoms with Crippen LogP contribution in [0.25, 0.3) is 11.1 Å². The number of hydrogen-bond acceptors (Lipinski definition) is 0. The second-order valence-corrected chi connectivity index (χ2v) is 19.3. The first-order chi connectivity index (χ1) is 33.3. The van der Waals surface area contributed by atoms with Gasteiger partial charge < -0.3 is 5.53 Å². The summed E-state index contributed by atoms with van der Waals surface area (Å²) in [5.41, 5.74) is 28.6. The van der Waals surface area contributed by atoms with Crippen LogP contribution < -0.4 is 0 Å². The molecule has 69 heavy (non-hydrogen) atoms. The Morgan fingerprint density at radius 2 is 0.754 bits per heavy atom. The number of rotatable bonds is 31. The fourth-order valence-electron chi connectivity index (χ4n) is 9.33. The zero-order chi connectivity index (χ0) is 49.6. The maximum Gasteiger partial charge on any atom is 2.00 e. The zero-order valence-corrected chi connectivity index (χ0v) is 46.5. The van der Waals surface area contributed by atoms with Crippen molar-refractivity contribution in [1.82, 2.24) is 0 Å². The molecule has 0 fully saturated rings. The first kappa shape index (κ1) is 63.0. The molecule has 382 valence electrons. The van der Waals surface area contributed by atoms with E-state index in [0.29, 0.717) is 0 Å². The molecule has 4 rings (SSSR count). The van der Waals surface area contributed by atoms with E-state index in [2.05, 4.69) is 104 Å². The number of unbranched alkanes of at least 4 members (excludes halogenated alkanes) is 12. The predicted octanol–water partition coefficient (Wildman–Crippen LogP) is 20.0. The molecule has 3 heteroatoms. The monoisotopic (exact) mass is 977 g/mol. The molecule has 0 aliphatic carbocycles. The van der Waals surface area contributed by atoms with Gasteiger partial charge >= 0.3 is 22.4 Å². The van der Waals surface area contributed by atoms with Gasteiger partial charge in [-0.3, -0.25) is 0 Å². The topological polar surface area (TPSA) is 36.4 Å². The summed E-state index contributed by atoms with van der Waals surface area (Å²) < 4.78 is 0. The van der Waals surface area contributed by atoms with Gasteiger partial charge in [-0.05, 0) is 158 Å². The Kier molecular flexibility index (Phi) is 37.2. The number of benzene rings is 4. The summed E-state index contributed by atoms with van der Waals surface area (Å²) in [5, 5.41) is 0. The van der Waals surface area contributed by atoms with Gasteiger partial charge in [-0.25, -0.2) is 0 Å². The Balaban J connectivity index is 0.00000134. The van der Waals surface area contributed by atoms with E-state index in [1.54, 1.807) is 33.4 Å². The van der Waals surface area contributed by atoms with E-state index in [4.69, 9.17) is 0 Å². The van der Waals surface area contributed by atoms with Gasteiger partial charge in [-0.15, -0.1) is 29.1 Å². The van der Waals surface area contributed by atoms with Crippen molar-refractivity contribution >= 4 is 11.4 Å². The van der Waals surface area contributed by atoms with Gasteiger partial charge in [0.1, 0.15) is 0 Å². The van der Waals surface area contributed by atoms with E-state index in [-0.39, 0.29) is 16.5 Å². The molecule has 0 spiro atoms. The standard InChI is InChI=1S/C52H84N2.2C7H7.Ni/c1-9-17-25-32-44-39-48(40-45(33-26-18-10-2)50(44)35-27-19-11-3)52(51(36-28-20-12-4)46(41-54-53)31-23-15-7)47-37-42(29-21-13-5)49(34-24-16-8)43(38-47)30-22-14-6;2*1-7-5-3-2-4-6-7;/h37-40H,9-36H2,1-8H3;2*2-6H,1H2;/q;2*-1;+2. The first-order valence-corrected chi connectivity index (χ1v) is 28.0. The molecule has 2 nitrogen and oxygen atoms in total. The van der Waals surface area contributed by atoms with Crippen molar-refractivity contribution in [1.29, 1.82) is 0 Å². The van der Waals surface area contributed by atoms with Crippen molar-refractivity contribution in [2.75, 3.05) is 0 Å². The van der Waals surface area contributed by atoms with E-state index in [9.17, 15) is 5.53 Å². The van der Waals surface area contributed by atoms with Crippen LogP contribution >= 0.6 is 0 Å². The summed E-state index contributed by atoms with van der Waals surface area (Å²) in [6, 6.07) is 30.3. The maximum atomic E-state index is 10.1. The van der Waals surface area contributed by atoms with Gasteiger partial charge in [0.25, 0.3) is 0 Å². The second kappa shape index (κ2) is 40.7. The quantitative estimate of drug-likeness (QED) is 0.00916. The Labute approximate surface area is 436 Å². The molecule has 4 aromatic rings. The minimum Gasteiger partial charge on any atom is -0.348 e. The van der Waals surface area contributed by atoms with Crippen LogP contribution in [0.5, 0.6) is 0 Å². The van der Waals surface area contributed by atoms with Crippen molar-refractivity contribution < 1.29 is 21.3 Å². The van der Waals surface area contributed by atoms with Crippen LogP contribution in [0.3, 0.4) is 0 Å². The minimum absolute atomic E-state index is 0. The Morgan fingerprint density at radius 1 is 0.420 bits per heavy atom. The second-order valence-electron chi connectivity index (χ2n) is 19.3. The number of aryl methyl sites for hydroxylation is 4. The van der Waals surface area contributed by atoms with Crippen molar-refractivity contribution in [3.05, 3.63) is 171 Å². The third kappa shape index (κ3) is 25.1. The van der Waals surface area contributed by atoms with Gasteiger partial charge in [-0.2, -0.15) is 49.2 Å². The Hall–Kier alpha value is -3.99. The van der Waals surface area contributed by atoms with Crippen LogP contribution in [-0.4, -0.2) is 10.7 Å². The molecule has 0 radical (unpaired) electrons. The summed E-state index contributed by atoms with van der Waals surface area (Å²) in [4.78, 5) is 3.64. The molecule has 4 aromatic carbocycles. The van der Waals surface area contributed by atoms with E-state index < -0.39 is 0 Å². The van der Waals surface area contributed by atoms with Crippen LogP contribution in [0.4, 0.5) is 0 Å². The average molecular weight is 978 g/mol. The summed E-state index contributed by atoms with van der Waals surface area (Å²) in [7, 11) is 0. The molecule has 0 unspecified atom stereocenters. The fraction of sp³-hybridized carbons (Fsp3) is 0.545. The molecule has 0 bridgehead atoms. The Bertz CT molecular complexity index is 1930. The number of allylic oxidation sites excluding steroid dienone is 2. The molecule has 0 atom stereocenters. The van der Waals surface area contributed by atoms with Gasteiger partial charge in [0.05, 0.1) is 5.57 Å². The van der Waals surface area contributed by atoms with Crippen LogP contribution in [0.2, 0.25) is 0 Å². The molecule has 0 saturated carbocycles. The summed E-state index contributed by atoms with van der Waals surface area (Å²) >= 11 is 0. The van der Waals surface area contributed by atoms with Crippen LogP contribution in [-0.2, 0) is 55.0 Å². The number of hydrogen-bond donors (Lipinski definition) is 0. The predicted molar refractivity (Wildman–Crippen MR) is 302 cm³/mol.